The Labute approximate surface area is 141 Å². The van der Waals surface area contributed by atoms with Gasteiger partial charge in [0, 0.05) is 11.6 Å². The first kappa shape index (κ1) is 15.5. The highest BCUT2D eigenvalue weighted by atomic mass is 16.5. The summed E-state index contributed by atoms with van der Waals surface area (Å²) in [7, 11) is 0. The summed E-state index contributed by atoms with van der Waals surface area (Å²) in [6.07, 6.45) is 0. The molecule has 1 atom stereocenters. The molecule has 1 aliphatic heterocycles. The summed E-state index contributed by atoms with van der Waals surface area (Å²) in [6.45, 7) is 0. The minimum Gasteiger partial charge on any atom is -0.508 e. The molecule has 2 aromatic heterocycles. The Morgan fingerprint density at radius 1 is 0.846 bits per heavy atom. The number of hydrogen-bond acceptors (Lipinski definition) is 7. The lowest BCUT2D eigenvalue weighted by molar-refractivity contribution is 0.410. The maximum atomic E-state index is 12.4. The number of aromatic amines is 4. The number of phenolic OH excluding ortho intramolecular Hbond substituents is 1. The molecule has 0 saturated carbocycles. The van der Waals surface area contributed by atoms with Crippen LogP contribution in [0.4, 0.5) is 0 Å². The van der Waals surface area contributed by atoms with Crippen molar-refractivity contribution in [3.8, 4) is 23.3 Å². The van der Waals surface area contributed by atoms with E-state index in [0.29, 0.717) is 0 Å². The summed E-state index contributed by atoms with van der Waals surface area (Å²) < 4.78 is 5.47. The van der Waals surface area contributed by atoms with Crippen LogP contribution in [0, 0.1) is 0 Å². The number of rotatable bonds is 1. The van der Waals surface area contributed by atoms with E-state index < -0.39 is 34.3 Å². The molecule has 0 saturated heterocycles. The molecule has 4 rings (SSSR count). The quantitative estimate of drug-likeness (QED) is 0.256. The van der Waals surface area contributed by atoms with Crippen LogP contribution in [0.3, 0.4) is 0 Å². The highest BCUT2D eigenvalue weighted by molar-refractivity contribution is 5.58. The van der Waals surface area contributed by atoms with Gasteiger partial charge in [0.25, 0.3) is 11.1 Å². The van der Waals surface area contributed by atoms with E-state index in [4.69, 9.17) is 4.74 Å². The van der Waals surface area contributed by atoms with Gasteiger partial charge in [0.05, 0.1) is 17.0 Å². The first-order chi connectivity index (χ1) is 12.3. The number of fused-ring (bicyclic) bond motifs is 2. The van der Waals surface area contributed by atoms with Crippen LogP contribution in [0.15, 0.2) is 37.4 Å². The average molecular weight is 358 g/mol. The second-order valence-corrected chi connectivity index (χ2v) is 5.58. The average Bonchev–Trinajstić information content (AvgIpc) is 2.52. The van der Waals surface area contributed by atoms with Gasteiger partial charge in [0.2, 0.25) is 11.8 Å². The summed E-state index contributed by atoms with van der Waals surface area (Å²) in [5.74, 6) is -2.24. The minimum absolute atomic E-state index is 0.0637. The molecule has 0 radical (unpaired) electrons. The number of aromatic hydroxyl groups is 2. The Morgan fingerprint density at radius 3 is 2.19 bits per heavy atom. The maximum Gasteiger partial charge on any atom is 0.328 e. The number of phenols is 1. The van der Waals surface area contributed by atoms with Crippen LogP contribution >= 0.6 is 0 Å². The van der Waals surface area contributed by atoms with Gasteiger partial charge in [-0.2, -0.15) is 0 Å². The van der Waals surface area contributed by atoms with Crippen LogP contribution in [0.2, 0.25) is 0 Å². The van der Waals surface area contributed by atoms with Crippen molar-refractivity contribution < 1.29 is 14.9 Å². The number of aromatic nitrogens is 4. The molecule has 26 heavy (non-hydrogen) atoms. The van der Waals surface area contributed by atoms with Gasteiger partial charge in [-0.15, -0.1) is 0 Å². The third-order valence-electron chi connectivity index (χ3n) is 4.00. The van der Waals surface area contributed by atoms with E-state index in [1.165, 1.54) is 18.2 Å². The number of H-pyrrole nitrogens is 4. The summed E-state index contributed by atoms with van der Waals surface area (Å²) in [6, 6.07) is 3.92. The smallest absolute Gasteiger partial charge is 0.328 e. The number of nitrogens with one attached hydrogen (secondary N) is 4. The van der Waals surface area contributed by atoms with Crippen molar-refractivity contribution in [1.82, 2.24) is 19.9 Å². The molecule has 3 aromatic rings. The van der Waals surface area contributed by atoms with Crippen molar-refractivity contribution in [3.63, 3.8) is 0 Å². The fraction of sp³-hybridized carbons (Fsp3) is 0.0667. The van der Waals surface area contributed by atoms with Gasteiger partial charge in [-0.3, -0.25) is 29.5 Å². The molecule has 1 aliphatic rings. The van der Waals surface area contributed by atoms with Crippen LogP contribution in [-0.4, -0.2) is 30.1 Å². The summed E-state index contributed by atoms with van der Waals surface area (Å²) >= 11 is 0. The molecule has 11 heteroatoms. The van der Waals surface area contributed by atoms with Crippen LogP contribution in [0.5, 0.6) is 23.3 Å². The topological polar surface area (TPSA) is 181 Å². The molecule has 1 aromatic carbocycles. The molecule has 0 bridgehead atoms. The van der Waals surface area contributed by atoms with Crippen molar-refractivity contribution in [3.05, 3.63) is 76.6 Å². The molecule has 6 N–H and O–H groups in total. The van der Waals surface area contributed by atoms with Crippen molar-refractivity contribution in [2.75, 3.05) is 0 Å². The van der Waals surface area contributed by atoms with Crippen LogP contribution < -0.4 is 27.2 Å². The molecule has 0 spiro atoms. The van der Waals surface area contributed by atoms with E-state index in [9.17, 15) is 29.4 Å². The zero-order valence-corrected chi connectivity index (χ0v) is 12.7. The molecular formula is C15H10N4O7. The predicted molar refractivity (Wildman–Crippen MR) is 86.2 cm³/mol. The minimum atomic E-state index is -1.17. The molecule has 0 unspecified atom stereocenters. The highest BCUT2D eigenvalue weighted by Crippen LogP contribution is 2.45. The lowest BCUT2D eigenvalue weighted by Gasteiger charge is -2.26. The van der Waals surface area contributed by atoms with Crippen LogP contribution in [0.1, 0.15) is 22.6 Å². The van der Waals surface area contributed by atoms with Crippen molar-refractivity contribution in [2.24, 2.45) is 0 Å². The second kappa shape index (κ2) is 5.24. The zero-order valence-electron chi connectivity index (χ0n) is 12.7. The first-order valence-corrected chi connectivity index (χ1v) is 7.28. The third-order valence-corrected chi connectivity index (χ3v) is 4.00. The predicted octanol–water partition coefficient (Wildman–Crippen LogP) is -0.863. The Hall–Kier alpha value is -4.02. The van der Waals surface area contributed by atoms with Crippen molar-refractivity contribution in [2.45, 2.75) is 5.92 Å². The van der Waals surface area contributed by atoms with E-state index >= 15 is 0 Å². The summed E-state index contributed by atoms with van der Waals surface area (Å²) in [4.78, 5) is 55.9. The van der Waals surface area contributed by atoms with Gasteiger partial charge < -0.3 is 14.9 Å². The standard InChI is InChI=1S/C15H10N4O7/c20-4-1-2-5-6(3-4)26-13-9(12(23)18-15(25)19-13)7(5)8-10(21)16-14(24)17-11(8)22/h1-3,7,20H,(H2,18,19,23,25)(H3,16,17,21,22,24)/t7-/m1/s1. The lowest BCUT2D eigenvalue weighted by Crippen LogP contribution is -2.34. The number of benzene rings is 1. The molecule has 3 heterocycles. The normalized spacial score (nSPS) is 15.0. The highest BCUT2D eigenvalue weighted by Gasteiger charge is 2.36. The van der Waals surface area contributed by atoms with E-state index in [0.717, 1.165) is 0 Å². The summed E-state index contributed by atoms with van der Waals surface area (Å²) in [5.41, 5.74) is -3.72. The van der Waals surface area contributed by atoms with Crippen LogP contribution in [-0.2, 0) is 0 Å². The Bertz CT molecular complexity index is 1260. The monoisotopic (exact) mass is 358 g/mol. The number of hydrogen-bond donors (Lipinski definition) is 6. The molecule has 0 aliphatic carbocycles. The summed E-state index contributed by atoms with van der Waals surface area (Å²) in [5, 5.41) is 19.8. The maximum absolute atomic E-state index is 12.4. The van der Waals surface area contributed by atoms with Gasteiger partial charge in [0.15, 0.2) is 0 Å². The van der Waals surface area contributed by atoms with Gasteiger partial charge >= 0.3 is 11.4 Å². The first-order valence-electron chi connectivity index (χ1n) is 7.28. The molecule has 0 amide bonds. The number of ether oxygens (including phenoxy) is 1. The Kier molecular flexibility index (Phi) is 3.12. The third kappa shape index (κ3) is 2.22. The Balaban J connectivity index is 2.14. The second-order valence-electron chi connectivity index (χ2n) is 5.58. The van der Waals surface area contributed by atoms with E-state index in [1.54, 1.807) is 0 Å². The van der Waals surface area contributed by atoms with Gasteiger partial charge in [-0.25, -0.2) is 9.59 Å². The van der Waals surface area contributed by atoms with E-state index in [1.807, 2.05) is 9.97 Å². The zero-order chi connectivity index (χ0) is 18.6. The molecule has 11 nitrogen and oxygen atoms in total. The van der Waals surface area contributed by atoms with E-state index in [-0.39, 0.29) is 34.1 Å². The SMILES string of the molecule is O=c1[nH]c(O)c([C@H]2c3ccc(O)cc3Oc3[nH]c(=O)[nH]c(=O)c32)c(=O)[nH]1. The van der Waals surface area contributed by atoms with Crippen molar-refractivity contribution in [1.29, 1.82) is 0 Å². The van der Waals surface area contributed by atoms with Gasteiger partial charge in [-0.05, 0) is 6.07 Å². The lowest BCUT2D eigenvalue weighted by atomic mass is 9.85. The molecule has 0 fully saturated rings. The van der Waals surface area contributed by atoms with Gasteiger partial charge in [-0.1, -0.05) is 6.07 Å². The Morgan fingerprint density at radius 2 is 1.50 bits per heavy atom. The molecular weight excluding hydrogens is 348 g/mol. The largest absolute Gasteiger partial charge is 0.508 e. The van der Waals surface area contributed by atoms with Crippen LogP contribution in [0.25, 0.3) is 0 Å². The van der Waals surface area contributed by atoms with Crippen molar-refractivity contribution >= 4 is 0 Å². The molecule has 132 valence electrons. The fourth-order valence-corrected chi connectivity index (χ4v) is 2.99. The van der Waals surface area contributed by atoms with Gasteiger partial charge in [0.1, 0.15) is 11.5 Å². The van der Waals surface area contributed by atoms with E-state index in [2.05, 4.69) is 9.97 Å². The fourth-order valence-electron chi connectivity index (χ4n) is 2.99.